The molecular formula is C14H25ClN2O4. The molecular weight excluding hydrogens is 296 g/mol. The van der Waals surface area contributed by atoms with Crippen molar-refractivity contribution in [3.05, 3.63) is 0 Å². The standard InChI is InChI=1S/C14H24N2O4.ClH/c1-5-19-12(17)11-8-6-9(15)10(7-8)16(11)13(18)20-14(2,3)4;/h8-11H,5-7,15H2,1-4H3;1H/t8-,9+,10-,11+;/m0./s1. The van der Waals surface area contributed by atoms with E-state index < -0.39 is 17.7 Å². The molecule has 7 heteroatoms. The molecule has 0 aromatic carbocycles. The lowest BCUT2D eigenvalue weighted by Gasteiger charge is -2.37. The summed E-state index contributed by atoms with van der Waals surface area (Å²) in [6.07, 6.45) is 1.04. The molecule has 21 heavy (non-hydrogen) atoms. The van der Waals surface area contributed by atoms with Gasteiger partial charge in [-0.25, -0.2) is 9.59 Å². The van der Waals surface area contributed by atoms with E-state index in [4.69, 9.17) is 15.2 Å². The molecule has 2 aliphatic rings. The Balaban J connectivity index is 0.00000220. The van der Waals surface area contributed by atoms with Crippen molar-refractivity contribution in [2.75, 3.05) is 6.61 Å². The first-order valence-electron chi connectivity index (χ1n) is 7.18. The summed E-state index contributed by atoms with van der Waals surface area (Å²) >= 11 is 0. The maximum absolute atomic E-state index is 12.4. The van der Waals surface area contributed by atoms with Crippen LogP contribution in [-0.4, -0.2) is 47.3 Å². The van der Waals surface area contributed by atoms with Crippen molar-refractivity contribution < 1.29 is 19.1 Å². The number of ether oxygens (including phenoxy) is 2. The van der Waals surface area contributed by atoms with Gasteiger partial charge >= 0.3 is 12.1 Å². The van der Waals surface area contributed by atoms with Crippen LogP contribution < -0.4 is 5.73 Å². The van der Waals surface area contributed by atoms with E-state index in [0.717, 1.165) is 12.8 Å². The number of hydrogen-bond acceptors (Lipinski definition) is 5. The van der Waals surface area contributed by atoms with E-state index in [2.05, 4.69) is 0 Å². The number of esters is 1. The Kier molecular flexibility index (Phi) is 5.50. The molecule has 0 aromatic rings. The van der Waals surface area contributed by atoms with Gasteiger partial charge in [0.05, 0.1) is 12.6 Å². The number of nitrogens with two attached hydrogens (primary N) is 1. The van der Waals surface area contributed by atoms with Gasteiger partial charge in [-0.1, -0.05) is 0 Å². The number of nitrogens with zero attached hydrogens (tertiary/aromatic N) is 1. The first-order chi connectivity index (χ1) is 9.24. The molecule has 2 bridgehead atoms. The van der Waals surface area contributed by atoms with Gasteiger partial charge in [0, 0.05) is 6.04 Å². The molecule has 2 N–H and O–H groups in total. The zero-order valence-corrected chi connectivity index (χ0v) is 13.8. The predicted molar refractivity (Wildman–Crippen MR) is 80.2 cm³/mol. The maximum atomic E-state index is 12.4. The fourth-order valence-corrected chi connectivity index (χ4v) is 3.20. The summed E-state index contributed by atoms with van der Waals surface area (Å²) in [4.78, 5) is 26.0. The number of fused-ring (bicyclic) bond motifs is 2. The number of halogens is 1. The first kappa shape index (κ1) is 18.0. The highest BCUT2D eigenvalue weighted by atomic mass is 35.5. The molecule has 1 aliphatic heterocycles. The molecule has 2 rings (SSSR count). The van der Waals surface area contributed by atoms with Crippen molar-refractivity contribution in [3.63, 3.8) is 0 Å². The molecule has 0 radical (unpaired) electrons. The summed E-state index contributed by atoms with van der Waals surface area (Å²) in [6.45, 7) is 7.48. The van der Waals surface area contributed by atoms with Gasteiger partial charge in [0.15, 0.2) is 0 Å². The summed E-state index contributed by atoms with van der Waals surface area (Å²) in [5, 5.41) is 0. The number of rotatable bonds is 2. The Bertz CT molecular complexity index is 410. The summed E-state index contributed by atoms with van der Waals surface area (Å²) in [5.41, 5.74) is 5.45. The molecule has 4 atom stereocenters. The maximum Gasteiger partial charge on any atom is 0.411 e. The Morgan fingerprint density at radius 2 is 1.90 bits per heavy atom. The Morgan fingerprint density at radius 1 is 1.29 bits per heavy atom. The van der Waals surface area contributed by atoms with Crippen LogP contribution in [0.5, 0.6) is 0 Å². The molecule has 1 saturated carbocycles. The van der Waals surface area contributed by atoms with Gasteiger partial charge in [0.2, 0.25) is 0 Å². The minimum Gasteiger partial charge on any atom is -0.464 e. The summed E-state index contributed by atoms with van der Waals surface area (Å²) in [7, 11) is 0. The van der Waals surface area contributed by atoms with Crippen molar-refractivity contribution in [1.29, 1.82) is 0 Å². The van der Waals surface area contributed by atoms with Gasteiger partial charge in [-0.2, -0.15) is 0 Å². The van der Waals surface area contributed by atoms with Crippen molar-refractivity contribution in [3.8, 4) is 0 Å². The zero-order chi connectivity index (χ0) is 15.1. The van der Waals surface area contributed by atoms with Gasteiger partial charge in [-0.15, -0.1) is 12.4 Å². The van der Waals surface area contributed by atoms with Crippen molar-refractivity contribution in [2.24, 2.45) is 11.7 Å². The van der Waals surface area contributed by atoms with E-state index in [0.29, 0.717) is 6.61 Å². The second-order valence-electron chi connectivity index (χ2n) is 6.55. The van der Waals surface area contributed by atoms with Crippen LogP contribution in [0.15, 0.2) is 0 Å². The number of carbonyl (C=O) groups is 2. The largest absolute Gasteiger partial charge is 0.464 e. The van der Waals surface area contributed by atoms with Crippen LogP contribution in [0.25, 0.3) is 0 Å². The highest BCUT2D eigenvalue weighted by molar-refractivity contribution is 5.85. The summed E-state index contributed by atoms with van der Waals surface area (Å²) in [5.74, 6) is -0.265. The van der Waals surface area contributed by atoms with Gasteiger partial charge in [0.1, 0.15) is 11.6 Å². The molecule has 122 valence electrons. The average Bonchev–Trinajstić information content (AvgIpc) is 2.82. The van der Waals surface area contributed by atoms with Gasteiger partial charge in [0.25, 0.3) is 0 Å². The third-order valence-corrected chi connectivity index (χ3v) is 3.85. The minimum atomic E-state index is -0.595. The molecule has 1 saturated heterocycles. The molecule has 2 fully saturated rings. The number of amides is 1. The van der Waals surface area contributed by atoms with Crippen LogP contribution in [0.2, 0.25) is 0 Å². The third-order valence-electron chi connectivity index (χ3n) is 3.85. The van der Waals surface area contributed by atoms with E-state index in [9.17, 15) is 9.59 Å². The predicted octanol–water partition coefficient (Wildman–Crippen LogP) is 1.70. The highest BCUT2D eigenvalue weighted by Crippen LogP contribution is 2.43. The van der Waals surface area contributed by atoms with E-state index in [1.54, 1.807) is 27.7 Å². The molecule has 0 unspecified atom stereocenters. The van der Waals surface area contributed by atoms with Gasteiger partial charge < -0.3 is 15.2 Å². The second-order valence-corrected chi connectivity index (χ2v) is 6.55. The molecule has 1 aliphatic carbocycles. The zero-order valence-electron chi connectivity index (χ0n) is 13.0. The SMILES string of the molecule is CCOC(=O)[C@H]1[C@H]2C[C@@H](N)[C@H](C2)N1C(=O)OC(C)(C)C.Cl. The van der Waals surface area contributed by atoms with Crippen LogP contribution in [0.4, 0.5) is 4.79 Å². The van der Waals surface area contributed by atoms with Crippen molar-refractivity contribution in [1.82, 2.24) is 4.90 Å². The fraction of sp³-hybridized carbons (Fsp3) is 0.857. The molecule has 6 nitrogen and oxygen atoms in total. The smallest absolute Gasteiger partial charge is 0.411 e. The Labute approximate surface area is 131 Å². The number of likely N-dealkylation sites (tertiary alicyclic amines) is 1. The van der Waals surface area contributed by atoms with Crippen LogP contribution in [0.3, 0.4) is 0 Å². The number of hydrogen-bond donors (Lipinski definition) is 1. The lowest BCUT2D eigenvalue weighted by molar-refractivity contribution is -0.151. The van der Waals surface area contributed by atoms with Gasteiger partial charge in [-0.3, -0.25) is 4.90 Å². The van der Waals surface area contributed by atoms with Crippen LogP contribution in [-0.2, 0) is 14.3 Å². The second kappa shape index (κ2) is 6.40. The number of carbonyl (C=O) groups excluding carboxylic acids is 2. The lowest BCUT2D eigenvalue weighted by Crippen LogP contribution is -2.57. The lowest BCUT2D eigenvalue weighted by atomic mass is 9.97. The highest BCUT2D eigenvalue weighted by Gasteiger charge is 2.56. The minimum absolute atomic E-state index is 0. The average molecular weight is 321 g/mol. The Hall–Kier alpha value is -1.01. The topological polar surface area (TPSA) is 81.9 Å². The monoisotopic (exact) mass is 320 g/mol. The first-order valence-corrected chi connectivity index (χ1v) is 7.18. The molecule has 0 aromatic heterocycles. The third kappa shape index (κ3) is 3.61. The molecule has 1 amide bonds. The molecule has 0 spiro atoms. The van der Waals surface area contributed by atoms with Crippen molar-refractivity contribution in [2.45, 2.75) is 64.3 Å². The Morgan fingerprint density at radius 3 is 2.43 bits per heavy atom. The van der Waals surface area contributed by atoms with E-state index in [-0.39, 0.29) is 36.4 Å². The summed E-state index contributed by atoms with van der Waals surface area (Å²) in [6, 6.07) is -0.753. The van der Waals surface area contributed by atoms with E-state index in [1.165, 1.54) is 4.90 Å². The number of piperidine rings is 1. The van der Waals surface area contributed by atoms with Gasteiger partial charge in [-0.05, 0) is 46.5 Å². The van der Waals surface area contributed by atoms with E-state index >= 15 is 0 Å². The van der Waals surface area contributed by atoms with E-state index in [1.807, 2.05) is 0 Å². The van der Waals surface area contributed by atoms with Crippen LogP contribution in [0, 0.1) is 5.92 Å². The summed E-state index contributed by atoms with van der Waals surface area (Å²) < 4.78 is 10.5. The normalized spacial score (nSPS) is 30.8. The van der Waals surface area contributed by atoms with Crippen molar-refractivity contribution >= 4 is 24.5 Å². The van der Waals surface area contributed by atoms with Crippen LogP contribution in [0.1, 0.15) is 40.5 Å². The fourth-order valence-electron chi connectivity index (χ4n) is 3.20. The quantitative estimate of drug-likeness (QED) is 0.783. The van der Waals surface area contributed by atoms with Crippen LogP contribution >= 0.6 is 12.4 Å². The molecule has 1 heterocycles.